The Morgan fingerprint density at radius 2 is 1.95 bits per heavy atom. The van der Waals surface area contributed by atoms with Crippen molar-refractivity contribution in [3.8, 4) is 0 Å². The van der Waals surface area contributed by atoms with Crippen LogP contribution in [0.1, 0.15) is 45.2 Å². The van der Waals surface area contributed by atoms with E-state index in [0.717, 1.165) is 24.9 Å². The Morgan fingerprint density at radius 3 is 2.47 bits per heavy atom. The van der Waals surface area contributed by atoms with Gasteiger partial charge in [-0.25, -0.2) is 0 Å². The summed E-state index contributed by atoms with van der Waals surface area (Å²) in [6.07, 6.45) is 2.00. The molecule has 3 heteroatoms. The molecule has 1 aromatic rings. The van der Waals surface area contributed by atoms with E-state index in [-0.39, 0.29) is 17.5 Å². The topological polar surface area (TPSA) is 41.1 Å². The summed E-state index contributed by atoms with van der Waals surface area (Å²) in [7, 11) is 0. The Hall–Kier alpha value is -1.35. The average Bonchev–Trinajstić information content (AvgIpc) is 2.90. The summed E-state index contributed by atoms with van der Waals surface area (Å²) in [5, 5.41) is 6.57. The molecule has 1 amide bonds. The van der Waals surface area contributed by atoms with E-state index < -0.39 is 0 Å². The number of hydrogen-bond donors (Lipinski definition) is 2. The van der Waals surface area contributed by atoms with Crippen LogP contribution < -0.4 is 10.6 Å². The smallest absolute Gasteiger partial charge is 0.241 e. The van der Waals surface area contributed by atoms with Crippen LogP contribution in [0.3, 0.4) is 0 Å². The molecule has 2 N–H and O–H groups in total. The highest BCUT2D eigenvalue weighted by molar-refractivity contribution is 5.87. The molecular formula is C16H24N2O. The minimum Gasteiger partial charge on any atom is -0.348 e. The van der Waals surface area contributed by atoms with E-state index in [4.69, 9.17) is 0 Å². The zero-order valence-electron chi connectivity index (χ0n) is 12.1. The van der Waals surface area contributed by atoms with Crippen LogP contribution in [0.15, 0.2) is 30.3 Å². The Kier molecular flexibility index (Phi) is 4.25. The maximum atomic E-state index is 12.6. The first kappa shape index (κ1) is 14.1. The fourth-order valence-corrected chi connectivity index (χ4v) is 2.87. The van der Waals surface area contributed by atoms with Gasteiger partial charge in [0.2, 0.25) is 5.91 Å². The Labute approximate surface area is 115 Å². The van der Waals surface area contributed by atoms with Crippen LogP contribution in [-0.4, -0.2) is 18.0 Å². The second kappa shape index (κ2) is 5.74. The lowest BCUT2D eigenvalue weighted by molar-refractivity contribution is -0.129. The lowest BCUT2D eigenvalue weighted by atomic mass is 9.83. The molecule has 1 aliphatic heterocycles. The molecule has 0 aromatic heterocycles. The van der Waals surface area contributed by atoms with E-state index in [2.05, 4.69) is 36.6 Å². The zero-order chi connectivity index (χ0) is 13.9. The van der Waals surface area contributed by atoms with Crippen LogP contribution in [0, 0.1) is 5.92 Å². The molecule has 1 heterocycles. The van der Waals surface area contributed by atoms with Crippen molar-refractivity contribution in [1.29, 1.82) is 0 Å². The van der Waals surface area contributed by atoms with Crippen LogP contribution in [-0.2, 0) is 4.79 Å². The molecule has 0 saturated carbocycles. The molecule has 1 aliphatic rings. The van der Waals surface area contributed by atoms with Crippen LogP contribution in [0.4, 0.5) is 0 Å². The third-order valence-electron chi connectivity index (χ3n) is 4.23. The molecule has 0 radical (unpaired) electrons. The quantitative estimate of drug-likeness (QED) is 0.874. The first-order valence-corrected chi connectivity index (χ1v) is 7.17. The highest BCUT2D eigenvalue weighted by Gasteiger charge is 2.43. The van der Waals surface area contributed by atoms with Gasteiger partial charge in [-0.15, -0.1) is 0 Å². The average molecular weight is 260 g/mol. The van der Waals surface area contributed by atoms with Gasteiger partial charge in [0, 0.05) is 0 Å². The third kappa shape index (κ3) is 2.81. The van der Waals surface area contributed by atoms with Crippen LogP contribution >= 0.6 is 0 Å². The van der Waals surface area contributed by atoms with Gasteiger partial charge in [-0.2, -0.15) is 0 Å². The summed E-state index contributed by atoms with van der Waals surface area (Å²) >= 11 is 0. The monoisotopic (exact) mass is 260 g/mol. The van der Waals surface area contributed by atoms with E-state index >= 15 is 0 Å². The van der Waals surface area contributed by atoms with E-state index in [1.165, 1.54) is 0 Å². The van der Waals surface area contributed by atoms with E-state index in [9.17, 15) is 4.79 Å². The second-order valence-corrected chi connectivity index (χ2v) is 5.76. The van der Waals surface area contributed by atoms with Crippen molar-refractivity contribution in [3.63, 3.8) is 0 Å². The molecule has 3 nitrogen and oxygen atoms in total. The van der Waals surface area contributed by atoms with E-state index in [1.807, 2.05) is 25.1 Å². The van der Waals surface area contributed by atoms with Gasteiger partial charge in [0.1, 0.15) is 5.54 Å². The second-order valence-electron chi connectivity index (χ2n) is 5.76. The Bertz CT molecular complexity index is 422. The summed E-state index contributed by atoms with van der Waals surface area (Å²) in [5.74, 6) is 0.439. The summed E-state index contributed by atoms with van der Waals surface area (Å²) in [6.45, 7) is 7.21. The van der Waals surface area contributed by atoms with Crippen LogP contribution in [0.2, 0.25) is 0 Å². The highest BCUT2D eigenvalue weighted by atomic mass is 16.2. The normalized spacial score (nSPS) is 24.4. The molecule has 2 atom stereocenters. The number of benzene rings is 1. The molecule has 0 aliphatic carbocycles. The van der Waals surface area contributed by atoms with Gasteiger partial charge in [-0.3, -0.25) is 4.79 Å². The van der Waals surface area contributed by atoms with Gasteiger partial charge < -0.3 is 10.6 Å². The van der Waals surface area contributed by atoms with Crippen molar-refractivity contribution in [1.82, 2.24) is 10.6 Å². The molecule has 1 fully saturated rings. The molecule has 2 rings (SSSR count). The van der Waals surface area contributed by atoms with Crippen molar-refractivity contribution in [2.45, 2.75) is 45.2 Å². The molecule has 0 spiro atoms. The summed E-state index contributed by atoms with van der Waals surface area (Å²) in [6, 6.07) is 10.1. The maximum absolute atomic E-state index is 12.6. The maximum Gasteiger partial charge on any atom is 0.241 e. The van der Waals surface area contributed by atoms with E-state index in [0.29, 0.717) is 5.92 Å². The van der Waals surface area contributed by atoms with Crippen molar-refractivity contribution in [2.75, 3.05) is 6.54 Å². The van der Waals surface area contributed by atoms with Crippen molar-refractivity contribution >= 4 is 5.91 Å². The number of rotatable bonds is 4. The SMILES string of the molecule is CC(NC(=O)[C@]1(C(C)C)CCCN1)c1ccccc1. The van der Waals surface area contributed by atoms with Crippen LogP contribution in [0.25, 0.3) is 0 Å². The zero-order valence-corrected chi connectivity index (χ0v) is 12.1. The third-order valence-corrected chi connectivity index (χ3v) is 4.23. The number of carbonyl (C=O) groups excluding carboxylic acids is 1. The predicted molar refractivity (Wildman–Crippen MR) is 77.8 cm³/mol. The fourth-order valence-electron chi connectivity index (χ4n) is 2.87. The van der Waals surface area contributed by atoms with E-state index in [1.54, 1.807) is 0 Å². The van der Waals surface area contributed by atoms with Gasteiger partial charge in [-0.05, 0) is 37.8 Å². The summed E-state index contributed by atoms with van der Waals surface area (Å²) in [4.78, 5) is 12.6. The number of hydrogen-bond acceptors (Lipinski definition) is 2. The fraction of sp³-hybridized carbons (Fsp3) is 0.562. The highest BCUT2D eigenvalue weighted by Crippen LogP contribution is 2.28. The van der Waals surface area contributed by atoms with Crippen molar-refractivity contribution < 1.29 is 4.79 Å². The molecule has 19 heavy (non-hydrogen) atoms. The number of nitrogens with one attached hydrogen (secondary N) is 2. The minimum atomic E-state index is -0.386. The molecule has 1 unspecified atom stereocenters. The number of carbonyl (C=O) groups is 1. The Balaban J connectivity index is 2.08. The molecule has 0 bridgehead atoms. The van der Waals surface area contributed by atoms with Gasteiger partial charge in [0.25, 0.3) is 0 Å². The largest absolute Gasteiger partial charge is 0.348 e. The number of amides is 1. The van der Waals surface area contributed by atoms with Crippen molar-refractivity contribution in [3.05, 3.63) is 35.9 Å². The van der Waals surface area contributed by atoms with Gasteiger partial charge in [-0.1, -0.05) is 44.2 Å². The summed E-state index contributed by atoms with van der Waals surface area (Å²) in [5.41, 5.74) is 0.760. The molecule has 104 valence electrons. The summed E-state index contributed by atoms with van der Waals surface area (Å²) < 4.78 is 0. The van der Waals surface area contributed by atoms with Gasteiger partial charge >= 0.3 is 0 Å². The van der Waals surface area contributed by atoms with Crippen LogP contribution in [0.5, 0.6) is 0 Å². The lowest BCUT2D eigenvalue weighted by Crippen LogP contribution is -2.57. The first-order valence-electron chi connectivity index (χ1n) is 7.17. The standard InChI is InChI=1S/C16H24N2O/c1-12(2)16(10-7-11-17-16)15(19)18-13(3)14-8-5-4-6-9-14/h4-6,8-9,12-13,17H,7,10-11H2,1-3H3,(H,18,19)/t13?,16-/m1/s1. The van der Waals surface area contributed by atoms with Crippen molar-refractivity contribution in [2.24, 2.45) is 5.92 Å². The molecule has 1 saturated heterocycles. The Morgan fingerprint density at radius 1 is 1.26 bits per heavy atom. The van der Waals surface area contributed by atoms with Gasteiger partial charge in [0.05, 0.1) is 6.04 Å². The first-order chi connectivity index (χ1) is 9.06. The predicted octanol–water partition coefficient (Wildman–Crippen LogP) is 2.64. The molecular weight excluding hydrogens is 236 g/mol. The lowest BCUT2D eigenvalue weighted by Gasteiger charge is -2.33. The molecule has 1 aromatic carbocycles. The minimum absolute atomic E-state index is 0.0479. The van der Waals surface area contributed by atoms with Gasteiger partial charge in [0.15, 0.2) is 0 Å².